The van der Waals surface area contributed by atoms with Crippen LogP contribution in [0.25, 0.3) is 10.8 Å². The normalized spacial score (nSPS) is 31.6. The summed E-state index contributed by atoms with van der Waals surface area (Å²) in [5.74, 6) is 0.710. The number of ether oxygens (including phenoxy) is 2. The van der Waals surface area contributed by atoms with Crippen LogP contribution in [0.2, 0.25) is 0 Å². The molecule has 1 N–H and O–H groups in total. The molecule has 2 aromatic rings. The summed E-state index contributed by atoms with van der Waals surface area (Å²) in [7, 11) is 0. The Morgan fingerprint density at radius 3 is 2.88 bits per heavy atom. The van der Waals surface area contributed by atoms with Gasteiger partial charge in [-0.05, 0) is 55.8 Å². The number of phenols is 1. The van der Waals surface area contributed by atoms with Crippen molar-refractivity contribution in [1.82, 2.24) is 9.80 Å². The van der Waals surface area contributed by atoms with Gasteiger partial charge in [-0.25, -0.2) is 18.2 Å². The number of rotatable bonds is 3. The SMILES string of the molecule is C#Cc1c(F)ccc2cc(O)cc(C3=NC4OCC[C@@H]5CCN5C5=NC(OC[C@@]67CCCN6C[C@H](F)C7)=NC(=C3F)C54)c12. The molecule has 0 amide bonds. The summed E-state index contributed by atoms with van der Waals surface area (Å²) in [4.78, 5) is 18.4. The van der Waals surface area contributed by atoms with Gasteiger partial charge in [-0.1, -0.05) is 12.0 Å². The summed E-state index contributed by atoms with van der Waals surface area (Å²) in [6, 6.07) is 5.69. The van der Waals surface area contributed by atoms with Crippen LogP contribution in [-0.4, -0.2) is 89.3 Å². The van der Waals surface area contributed by atoms with E-state index in [0.717, 1.165) is 38.8 Å². The molecule has 6 heterocycles. The number of dihydropyridines is 1. The van der Waals surface area contributed by atoms with Gasteiger partial charge in [0.15, 0.2) is 12.1 Å². The second-order valence-corrected chi connectivity index (χ2v) is 12.2. The molecule has 0 bridgehead atoms. The number of benzene rings is 2. The fraction of sp³-hybridized carbons (Fsp3) is 0.469. The summed E-state index contributed by atoms with van der Waals surface area (Å²) in [5, 5.41) is 11.3. The zero-order chi connectivity index (χ0) is 29.5. The number of amidine groups is 2. The minimum absolute atomic E-state index is 0.0160. The molecule has 222 valence electrons. The van der Waals surface area contributed by atoms with Gasteiger partial charge >= 0.3 is 6.02 Å². The lowest BCUT2D eigenvalue weighted by molar-refractivity contribution is 0.000929. The number of halogens is 3. The first-order valence-corrected chi connectivity index (χ1v) is 14.8. The minimum atomic E-state index is -0.912. The maximum atomic E-state index is 16.8. The van der Waals surface area contributed by atoms with E-state index < -0.39 is 35.5 Å². The topological polar surface area (TPSA) is 82.2 Å². The van der Waals surface area contributed by atoms with E-state index in [4.69, 9.17) is 25.9 Å². The van der Waals surface area contributed by atoms with Crippen LogP contribution >= 0.6 is 0 Å². The third kappa shape index (κ3) is 4.10. The molecule has 5 atom stereocenters. The van der Waals surface area contributed by atoms with E-state index in [1.807, 2.05) is 0 Å². The Morgan fingerprint density at radius 1 is 1.19 bits per heavy atom. The molecule has 0 aromatic heterocycles. The Balaban J connectivity index is 1.25. The number of hydrogen-bond donors (Lipinski definition) is 1. The number of terminal acetylenes is 1. The molecule has 0 saturated carbocycles. The smallest absolute Gasteiger partial charge is 0.318 e. The first-order chi connectivity index (χ1) is 20.8. The van der Waals surface area contributed by atoms with Crippen LogP contribution in [0.3, 0.4) is 0 Å². The predicted octanol–water partition coefficient (Wildman–Crippen LogP) is 4.45. The molecule has 6 aliphatic rings. The minimum Gasteiger partial charge on any atom is -0.508 e. The van der Waals surface area contributed by atoms with Crippen LogP contribution in [0.15, 0.2) is 50.8 Å². The van der Waals surface area contributed by atoms with Crippen molar-refractivity contribution in [2.45, 2.75) is 56.1 Å². The van der Waals surface area contributed by atoms with Gasteiger partial charge in [-0.2, -0.15) is 9.98 Å². The molecule has 11 heteroatoms. The Hall–Kier alpha value is -3.88. The average Bonchev–Trinajstić information content (AvgIpc) is 3.49. The van der Waals surface area contributed by atoms with Crippen molar-refractivity contribution >= 4 is 28.3 Å². The second-order valence-electron chi connectivity index (χ2n) is 12.2. The number of aromatic hydroxyl groups is 1. The van der Waals surface area contributed by atoms with Crippen LogP contribution < -0.4 is 0 Å². The lowest BCUT2D eigenvalue weighted by Gasteiger charge is -2.49. The second kappa shape index (κ2) is 9.82. The lowest BCUT2D eigenvalue weighted by atomic mass is 9.87. The van der Waals surface area contributed by atoms with Crippen molar-refractivity contribution in [3.8, 4) is 18.1 Å². The van der Waals surface area contributed by atoms with E-state index in [1.165, 1.54) is 24.3 Å². The van der Waals surface area contributed by atoms with Crippen LogP contribution in [0.5, 0.6) is 5.75 Å². The van der Waals surface area contributed by atoms with Crippen LogP contribution in [0.4, 0.5) is 13.2 Å². The number of fused-ring (bicyclic) bond motifs is 4. The highest BCUT2D eigenvalue weighted by Crippen LogP contribution is 2.43. The molecule has 8 rings (SSSR count). The summed E-state index contributed by atoms with van der Waals surface area (Å²) < 4.78 is 58.5. The Kier molecular flexibility index (Phi) is 6.11. The molecule has 43 heavy (non-hydrogen) atoms. The largest absolute Gasteiger partial charge is 0.508 e. The number of nitrogens with zero attached hydrogens (tertiary/aromatic N) is 5. The summed E-state index contributed by atoms with van der Waals surface area (Å²) in [5.41, 5.74) is -0.430. The van der Waals surface area contributed by atoms with Gasteiger partial charge in [0.2, 0.25) is 0 Å². The fourth-order valence-electron chi connectivity index (χ4n) is 7.71. The molecule has 0 spiro atoms. The zero-order valence-corrected chi connectivity index (χ0v) is 23.4. The van der Waals surface area contributed by atoms with E-state index in [-0.39, 0.29) is 52.3 Å². The van der Waals surface area contributed by atoms with E-state index in [9.17, 15) is 13.9 Å². The molecule has 2 aromatic carbocycles. The van der Waals surface area contributed by atoms with Gasteiger partial charge in [-0.15, -0.1) is 6.42 Å². The molecule has 6 aliphatic heterocycles. The quantitative estimate of drug-likeness (QED) is 0.536. The highest BCUT2D eigenvalue weighted by atomic mass is 19.1. The van der Waals surface area contributed by atoms with Crippen molar-refractivity contribution in [3.05, 3.63) is 52.7 Å². The van der Waals surface area contributed by atoms with Crippen LogP contribution in [0, 0.1) is 24.1 Å². The molecular weight excluding hydrogens is 559 g/mol. The Labute approximate surface area is 246 Å². The molecule has 8 nitrogen and oxygen atoms in total. The summed E-state index contributed by atoms with van der Waals surface area (Å²) in [6.45, 7) is 2.57. The summed E-state index contributed by atoms with van der Waals surface area (Å²) >= 11 is 0. The predicted molar refractivity (Wildman–Crippen MR) is 155 cm³/mol. The van der Waals surface area contributed by atoms with E-state index in [1.54, 1.807) is 0 Å². The van der Waals surface area contributed by atoms with Crippen molar-refractivity contribution < 1.29 is 27.8 Å². The van der Waals surface area contributed by atoms with Gasteiger partial charge in [0.25, 0.3) is 0 Å². The fourth-order valence-corrected chi connectivity index (χ4v) is 7.71. The van der Waals surface area contributed by atoms with Gasteiger partial charge in [0.05, 0.1) is 23.4 Å². The Bertz CT molecular complexity index is 1710. The number of phenolic OH excluding ortho intramolecular Hbond substituents is 1. The molecule has 4 saturated heterocycles. The standard InChI is InChI=1S/C32H30F3N5O3/c1-2-21-23(34)5-4-17-12-20(41)13-22(24(17)21)27-26(35)28-25-29(40-10-6-19(40)7-11-42-30(25)36-27)38-31(37-28)43-16-32-8-3-9-39(32)15-18(33)14-32/h1,4-5,12-13,18-19,25,30,41H,3,6-11,14-16H2/t18-,19+,25?,30?,32+/m1/s1. The van der Waals surface area contributed by atoms with Crippen LogP contribution in [-0.2, 0) is 9.47 Å². The molecule has 0 radical (unpaired) electrons. The van der Waals surface area contributed by atoms with Gasteiger partial charge in [0, 0.05) is 36.5 Å². The maximum absolute atomic E-state index is 16.8. The lowest BCUT2D eigenvalue weighted by Crippen LogP contribution is -2.58. The monoisotopic (exact) mass is 589 g/mol. The maximum Gasteiger partial charge on any atom is 0.318 e. The van der Waals surface area contributed by atoms with Gasteiger partial charge < -0.3 is 19.5 Å². The van der Waals surface area contributed by atoms with Crippen molar-refractivity contribution in [2.24, 2.45) is 20.9 Å². The Morgan fingerprint density at radius 2 is 2.07 bits per heavy atom. The molecule has 2 unspecified atom stereocenters. The van der Waals surface area contributed by atoms with Gasteiger partial charge in [-0.3, -0.25) is 4.90 Å². The van der Waals surface area contributed by atoms with Crippen LogP contribution in [0.1, 0.15) is 43.2 Å². The number of aliphatic imine (C=N–C) groups is 3. The molecule has 4 fully saturated rings. The number of hydrogen-bond acceptors (Lipinski definition) is 8. The van der Waals surface area contributed by atoms with Crippen molar-refractivity contribution in [3.63, 3.8) is 0 Å². The van der Waals surface area contributed by atoms with Gasteiger partial charge in [0.1, 0.15) is 41.8 Å². The highest BCUT2D eigenvalue weighted by Gasteiger charge is 2.51. The average molecular weight is 590 g/mol. The zero-order valence-electron chi connectivity index (χ0n) is 23.4. The third-order valence-corrected chi connectivity index (χ3v) is 9.83. The number of alkyl halides is 1. The van der Waals surface area contributed by atoms with E-state index in [0.29, 0.717) is 30.8 Å². The van der Waals surface area contributed by atoms with Crippen molar-refractivity contribution in [1.29, 1.82) is 0 Å². The van der Waals surface area contributed by atoms with Crippen molar-refractivity contribution in [2.75, 3.05) is 32.8 Å². The van der Waals surface area contributed by atoms with E-state index in [2.05, 4.69) is 20.7 Å². The first-order valence-electron chi connectivity index (χ1n) is 14.8. The first kappa shape index (κ1) is 26.7. The molecule has 0 aliphatic carbocycles. The van der Waals surface area contributed by atoms with E-state index >= 15 is 4.39 Å². The third-order valence-electron chi connectivity index (χ3n) is 9.83. The summed E-state index contributed by atoms with van der Waals surface area (Å²) in [6.07, 6.45) is 7.80. The number of allylic oxidation sites excluding steroid dienone is 1. The highest BCUT2D eigenvalue weighted by molar-refractivity contribution is 6.21. The molecular formula is C32H30F3N5O3.